The fourth-order valence-corrected chi connectivity index (χ4v) is 3.24. The summed E-state index contributed by atoms with van der Waals surface area (Å²) in [6.45, 7) is 3.78. The van der Waals surface area contributed by atoms with Gasteiger partial charge in [0.05, 0.1) is 15.8 Å². The Morgan fingerprint density at radius 2 is 2.16 bits per heavy atom. The summed E-state index contributed by atoms with van der Waals surface area (Å²) in [5, 5.41) is 3.22. The SMILES string of the molecule is CCC(OC(=O)c1cccnc1)C(=O)Nc1nc2ccc(C)cc2s1. The van der Waals surface area contributed by atoms with E-state index in [4.69, 9.17) is 4.74 Å². The number of ether oxygens (including phenoxy) is 1. The standard InChI is InChI=1S/C18H17N3O3S/c1-3-14(24-17(23)12-5-4-8-19-10-12)16(22)21-18-20-13-7-6-11(2)9-15(13)25-18/h4-10,14H,3H2,1-2H3,(H,20,21,22). The van der Waals surface area contributed by atoms with Crippen LogP contribution in [0.25, 0.3) is 10.2 Å². The van der Waals surface area contributed by atoms with E-state index in [1.165, 1.54) is 17.5 Å². The number of esters is 1. The van der Waals surface area contributed by atoms with Crippen LogP contribution in [0.2, 0.25) is 0 Å². The molecule has 0 saturated carbocycles. The Bertz CT molecular complexity index is 908. The lowest BCUT2D eigenvalue weighted by molar-refractivity contribution is -0.124. The molecule has 0 aliphatic carbocycles. The molecule has 1 N–H and O–H groups in total. The maximum absolute atomic E-state index is 12.4. The van der Waals surface area contributed by atoms with Crippen molar-refractivity contribution in [3.63, 3.8) is 0 Å². The maximum Gasteiger partial charge on any atom is 0.340 e. The highest BCUT2D eigenvalue weighted by atomic mass is 32.1. The van der Waals surface area contributed by atoms with E-state index in [1.807, 2.05) is 25.1 Å². The van der Waals surface area contributed by atoms with Crippen molar-refractivity contribution in [1.29, 1.82) is 0 Å². The highest BCUT2D eigenvalue weighted by molar-refractivity contribution is 7.22. The summed E-state index contributed by atoms with van der Waals surface area (Å²) in [4.78, 5) is 32.8. The second kappa shape index (κ2) is 7.40. The number of benzene rings is 1. The fraction of sp³-hybridized carbons (Fsp3) is 0.222. The van der Waals surface area contributed by atoms with Crippen molar-refractivity contribution in [1.82, 2.24) is 9.97 Å². The molecule has 2 aromatic heterocycles. The molecule has 6 nitrogen and oxygen atoms in total. The molecule has 0 bridgehead atoms. The molecule has 1 amide bonds. The molecule has 0 fully saturated rings. The van der Waals surface area contributed by atoms with Gasteiger partial charge in [0, 0.05) is 12.4 Å². The van der Waals surface area contributed by atoms with Crippen LogP contribution in [0.5, 0.6) is 0 Å². The van der Waals surface area contributed by atoms with Gasteiger partial charge in [-0.25, -0.2) is 9.78 Å². The van der Waals surface area contributed by atoms with Crippen LogP contribution in [0, 0.1) is 6.92 Å². The summed E-state index contributed by atoms with van der Waals surface area (Å²) in [5.41, 5.74) is 2.27. The number of thiazole rings is 1. The van der Waals surface area contributed by atoms with E-state index >= 15 is 0 Å². The predicted molar refractivity (Wildman–Crippen MR) is 96.7 cm³/mol. The first-order valence-corrected chi connectivity index (χ1v) is 8.67. The van der Waals surface area contributed by atoms with Gasteiger partial charge in [-0.05, 0) is 43.2 Å². The first-order chi connectivity index (χ1) is 12.1. The van der Waals surface area contributed by atoms with Crippen LogP contribution in [-0.2, 0) is 9.53 Å². The zero-order valence-electron chi connectivity index (χ0n) is 13.9. The number of fused-ring (bicyclic) bond motifs is 1. The molecule has 2 heterocycles. The normalized spacial score (nSPS) is 11.9. The third-order valence-corrected chi connectivity index (χ3v) is 4.52. The van der Waals surface area contributed by atoms with Crippen LogP contribution < -0.4 is 5.32 Å². The Labute approximate surface area is 148 Å². The number of carbonyl (C=O) groups excluding carboxylic acids is 2. The molecule has 1 atom stereocenters. The summed E-state index contributed by atoms with van der Waals surface area (Å²) >= 11 is 1.39. The van der Waals surface area contributed by atoms with Crippen molar-refractivity contribution in [2.45, 2.75) is 26.4 Å². The highest BCUT2D eigenvalue weighted by Gasteiger charge is 2.23. The van der Waals surface area contributed by atoms with E-state index in [9.17, 15) is 9.59 Å². The summed E-state index contributed by atoms with van der Waals surface area (Å²) < 4.78 is 6.29. The van der Waals surface area contributed by atoms with Gasteiger partial charge in [-0.2, -0.15) is 0 Å². The minimum Gasteiger partial charge on any atom is -0.449 e. The number of aromatic nitrogens is 2. The number of carbonyl (C=O) groups is 2. The molecule has 3 aromatic rings. The number of nitrogens with zero attached hydrogens (tertiary/aromatic N) is 2. The van der Waals surface area contributed by atoms with Gasteiger partial charge >= 0.3 is 5.97 Å². The zero-order chi connectivity index (χ0) is 17.8. The van der Waals surface area contributed by atoms with E-state index in [2.05, 4.69) is 15.3 Å². The van der Waals surface area contributed by atoms with Crippen LogP contribution in [0.4, 0.5) is 5.13 Å². The lowest BCUT2D eigenvalue weighted by atomic mass is 10.2. The van der Waals surface area contributed by atoms with Crippen molar-refractivity contribution < 1.29 is 14.3 Å². The highest BCUT2D eigenvalue weighted by Crippen LogP contribution is 2.27. The van der Waals surface area contributed by atoms with Crippen LogP contribution in [0.15, 0.2) is 42.7 Å². The lowest BCUT2D eigenvalue weighted by Gasteiger charge is -2.14. The van der Waals surface area contributed by atoms with Gasteiger partial charge in [-0.1, -0.05) is 24.3 Å². The number of rotatable bonds is 5. The fourth-order valence-electron chi connectivity index (χ4n) is 2.27. The molecule has 0 saturated heterocycles. The smallest absolute Gasteiger partial charge is 0.340 e. The number of amides is 1. The van der Waals surface area contributed by atoms with Crippen molar-refractivity contribution in [2.24, 2.45) is 0 Å². The monoisotopic (exact) mass is 355 g/mol. The van der Waals surface area contributed by atoms with E-state index in [0.29, 0.717) is 17.1 Å². The molecule has 0 spiro atoms. The molecular weight excluding hydrogens is 338 g/mol. The lowest BCUT2D eigenvalue weighted by Crippen LogP contribution is -2.32. The summed E-state index contributed by atoms with van der Waals surface area (Å²) in [7, 11) is 0. The van der Waals surface area contributed by atoms with Gasteiger partial charge < -0.3 is 4.74 Å². The van der Waals surface area contributed by atoms with Gasteiger partial charge in [-0.15, -0.1) is 0 Å². The first kappa shape index (κ1) is 17.0. The van der Waals surface area contributed by atoms with Crippen molar-refractivity contribution in [3.8, 4) is 0 Å². The van der Waals surface area contributed by atoms with E-state index in [1.54, 1.807) is 25.3 Å². The van der Waals surface area contributed by atoms with Crippen molar-refractivity contribution in [3.05, 3.63) is 53.9 Å². The Balaban J connectivity index is 1.70. The second-order valence-electron chi connectivity index (χ2n) is 5.52. The van der Waals surface area contributed by atoms with Gasteiger partial charge in [0.15, 0.2) is 11.2 Å². The minimum absolute atomic E-state index is 0.309. The number of pyridine rings is 1. The summed E-state index contributed by atoms with van der Waals surface area (Å²) in [6.07, 6.45) is 2.45. The molecular formula is C18H17N3O3S. The number of aryl methyl sites for hydroxylation is 1. The number of anilines is 1. The van der Waals surface area contributed by atoms with Crippen LogP contribution in [0.3, 0.4) is 0 Å². The van der Waals surface area contributed by atoms with E-state index < -0.39 is 18.0 Å². The Morgan fingerprint density at radius 1 is 1.32 bits per heavy atom. The molecule has 25 heavy (non-hydrogen) atoms. The molecule has 7 heteroatoms. The third kappa shape index (κ3) is 4.00. The molecule has 128 valence electrons. The predicted octanol–water partition coefficient (Wildman–Crippen LogP) is 3.57. The molecule has 3 rings (SSSR count). The Kier molecular flexibility index (Phi) is 5.04. The Hall–Kier alpha value is -2.80. The second-order valence-corrected chi connectivity index (χ2v) is 6.55. The molecule has 0 aliphatic heterocycles. The zero-order valence-corrected chi connectivity index (χ0v) is 14.7. The van der Waals surface area contributed by atoms with Gasteiger partial charge in [0.2, 0.25) is 0 Å². The van der Waals surface area contributed by atoms with Crippen molar-refractivity contribution >= 4 is 38.6 Å². The quantitative estimate of drug-likeness (QED) is 0.708. The molecule has 1 unspecified atom stereocenters. The topological polar surface area (TPSA) is 81.2 Å². The van der Waals surface area contributed by atoms with Gasteiger partial charge in [-0.3, -0.25) is 15.1 Å². The van der Waals surface area contributed by atoms with Crippen LogP contribution in [0.1, 0.15) is 29.3 Å². The average molecular weight is 355 g/mol. The van der Waals surface area contributed by atoms with Gasteiger partial charge in [0.25, 0.3) is 5.91 Å². The third-order valence-electron chi connectivity index (χ3n) is 3.58. The maximum atomic E-state index is 12.4. The number of hydrogen-bond acceptors (Lipinski definition) is 6. The average Bonchev–Trinajstić information content (AvgIpc) is 3.01. The first-order valence-electron chi connectivity index (χ1n) is 7.86. The minimum atomic E-state index is -0.888. The number of hydrogen-bond donors (Lipinski definition) is 1. The number of nitrogens with one attached hydrogen (secondary N) is 1. The van der Waals surface area contributed by atoms with E-state index in [-0.39, 0.29) is 0 Å². The molecule has 0 radical (unpaired) electrons. The van der Waals surface area contributed by atoms with E-state index in [0.717, 1.165) is 15.8 Å². The van der Waals surface area contributed by atoms with Crippen LogP contribution >= 0.6 is 11.3 Å². The van der Waals surface area contributed by atoms with Crippen LogP contribution in [-0.4, -0.2) is 27.9 Å². The van der Waals surface area contributed by atoms with Crippen molar-refractivity contribution in [2.75, 3.05) is 5.32 Å². The Morgan fingerprint density at radius 3 is 2.88 bits per heavy atom. The molecule has 0 aliphatic rings. The largest absolute Gasteiger partial charge is 0.449 e. The summed E-state index contributed by atoms with van der Waals surface area (Å²) in [6, 6.07) is 9.13. The molecule has 1 aromatic carbocycles. The summed E-state index contributed by atoms with van der Waals surface area (Å²) in [5.74, 6) is -0.967. The van der Waals surface area contributed by atoms with Gasteiger partial charge in [0.1, 0.15) is 0 Å².